The Hall–Kier alpha value is -3.54. The number of hydrogen-bond donors (Lipinski definition) is 2. The van der Waals surface area contributed by atoms with Gasteiger partial charge in [0.25, 0.3) is 0 Å². The van der Waals surface area contributed by atoms with E-state index in [4.69, 9.17) is 34.2 Å². The van der Waals surface area contributed by atoms with Gasteiger partial charge in [0, 0.05) is 11.8 Å². The fraction of sp³-hybridized carbons (Fsp3) is 0.643. The van der Waals surface area contributed by atoms with E-state index in [9.17, 15) is 24.3 Å². The third kappa shape index (κ3) is 10.9. The molecule has 0 aromatic heterocycles. The summed E-state index contributed by atoms with van der Waals surface area (Å²) in [5.41, 5.74) is 6.40. The van der Waals surface area contributed by atoms with E-state index in [1.807, 2.05) is 20.8 Å². The van der Waals surface area contributed by atoms with Crippen LogP contribution in [0.25, 0.3) is 0 Å². The van der Waals surface area contributed by atoms with Crippen molar-refractivity contribution < 1.29 is 52.7 Å². The Morgan fingerprint density at radius 2 is 1.18 bits per heavy atom. The number of aliphatic carboxylic acids is 1. The number of rotatable bonds is 14. The Balaban J connectivity index is 3.43. The molecule has 12 heteroatoms. The minimum Gasteiger partial charge on any atom is -0.480 e. The molecule has 7 atom stereocenters. The lowest BCUT2D eigenvalue weighted by atomic mass is 9.79. The molecule has 0 radical (unpaired) electrons. The molecule has 0 saturated heterocycles. The molecule has 0 aliphatic rings. The van der Waals surface area contributed by atoms with Gasteiger partial charge in [-0.1, -0.05) is 33.8 Å². The number of carboxylic acids is 1. The number of carboxylic acid groups (broad SMARTS) is 1. The Labute approximate surface area is 235 Å². The van der Waals surface area contributed by atoms with Gasteiger partial charge in [-0.05, 0) is 64.7 Å². The van der Waals surface area contributed by atoms with Crippen molar-refractivity contribution in [1.29, 1.82) is 0 Å². The molecule has 3 N–H and O–H groups in total. The molecule has 0 aliphatic carbocycles. The average Bonchev–Trinajstić information content (AvgIpc) is 2.89. The minimum absolute atomic E-state index is 0.158. The van der Waals surface area contributed by atoms with Crippen LogP contribution in [0, 0.1) is 5.92 Å². The van der Waals surface area contributed by atoms with Crippen LogP contribution in [0.4, 0.5) is 14.4 Å². The molecule has 0 amide bonds. The Bertz CT molecular complexity index is 998. The van der Waals surface area contributed by atoms with Gasteiger partial charge in [-0.15, -0.1) is 0 Å². The van der Waals surface area contributed by atoms with Crippen LogP contribution < -0.4 is 15.2 Å². The molecule has 40 heavy (non-hydrogen) atoms. The SMILES string of the molecule is CCC(C)OC(=O)Oc1ccc(C(C(C)C(C)OC(=O)OC(C)CC)[C@H](N)C(=O)O)cc1OC(=O)OC(C)CC. The first-order valence-corrected chi connectivity index (χ1v) is 13.5. The van der Waals surface area contributed by atoms with Crippen LogP contribution in [0.5, 0.6) is 11.5 Å². The molecule has 0 bridgehead atoms. The molecule has 0 fully saturated rings. The molecule has 226 valence electrons. The molecule has 1 aromatic carbocycles. The summed E-state index contributed by atoms with van der Waals surface area (Å²) >= 11 is 0. The second-order valence-corrected chi connectivity index (χ2v) is 9.74. The number of carbonyl (C=O) groups is 4. The summed E-state index contributed by atoms with van der Waals surface area (Å²) in [5, 5.41) is 9.75. The van der Waals surface area contributed by atoms with Crippen molar-refractivity contribution in [1.82, 2.24) is 0 Å². The number of carbonyl (C=O) groups excluding carboxylic acids is 3. The zero-order valence-electron chi connectivity index (χ0n) is 24.5. The number of hydrogen-bond acceptors (Lipinski definition) is 11. The van der Waals surface area contributed by atoms with E-state index in [2.05, 4.69) is 0 Å². The lowest BCUT2D eigenvalue weighted by molar-refractivity contribution is -0.139. The topological polar surface area (TPSA) is 170 Å². The zero-order chi connectivity index (χ0) is 30.6. The molecule has 0 aliphatic heterocycles. The number of benzene rings is 1. The highest BCUT2D eigenvalue weighted by atomic mass is 16.8. The highest BCUT2D eigenvalue weighted by Gasteiger charge is 2.36. The Morgan fingerprint density at radius 1 is 0.725 bits per heavy atom. The van der Waals surface area contributed by atoms with E-state index < -0.39 is 60.6 Å². The normalized spacial score (nSPS) is 16.2. The Morgan fingerprint density at radius 3 is 1.62 bits per heavy atom. The molecule has 6 unspecified atom stereocenters. The summed E-state index contributed by atoms with van der Waals surface area (Å²) in [7, 11) is 0. The molecule has 0 spiro atoms. The molecular weight excluding hydrogens is 526 g/mol. The first-order valence-electron chi connectivity index (χ1n) is 13.5. The summed E-state index contributed by atoms with van der Waals surface area (Å²) < 4.78 is 31.5. The fourth-order valence-corrected chi connectivity index (χ4v) is 3.44. The van der Waals surface area contributed by atoms with Crippen LogP contribution in [0.2, 0.25) is 0 Å². The maximum absolute atomic E-state index is 12.4. The van der Waals surface area contributed by atoms with Crippen molar-refractivity contribution in [3.05, 3.63) is 23.8 Å². The van der Waals surface area contributed by atoms with Gasteiger partial charge in [0.05, 0.1) is 0 Å². The van der Waals surface area contributed by atoms with E-state index in [0.717, 1.165) is 0 Å². The predicted octanol–water partition coefficient (Wildman–Crippen LogP) is 5.79. The second-order valence-electron chi connectivity index (χ2n) is 9.74. The summed E-state index contributed by atoms with van der Waals surface area (Å²) in [6.45, 7) is 13.8. The van der Waals surface area contributed by atoms with Gasteiger partial charge in [0.1, 0.15) is 30.5 Å². The molecule has 1 aromatic rings. The predicted molar refractivity (Wildman–Crippen MR) is 144 cm³/mol. The van der Waals surface area contributed by atoms with Gasteiger partial charge in [-0.25, -0.2) is 14.4 Å². The van der Waals surface area contributed by atoms with Crippen LogP contribution in [-0.4, -0.2) is 60.0 Å². The monoisotopic (exact) mass is 569 g/mol. The second kappa shape index (κ2) is 16.5. The van der Waals surface area contributed by atoms with Crippen molar-refractivity contribution in [2.75, 3.05) is 0 Å². The van der Waals surface area contributed by atoms with Crippen molar-refractivity contribution in [3.8, 4) is 11.5 Å². The van der Waals surface area contributed by atoms with E-state index in [1.165, 1.54) is 18.2 Å². The van der Waals surface area contributed by atoms with Gasteiger partial charge in [-0.2, -0.15) is 0 Å². The van der Waals surface area contributed by atoms with Gasteiger partial charge < -0.3 is 39.3 Å². The van der Waals surface area contributed by atoms with Crippen LogP contribution in [0.1, 0.15) is 86.1 Å². The molecule has 0 heterocycles. The Kier molecular flexibility index (Phi) is 14.3. The van der Waals surface area contributed by atoms with Gasteiger partial charge in [-0.3, -0.25) is 4.79 Å². The highest BCUT2D eigenvalue weighted by Crippen LogP contribution is 2.37. The third-order valence-electron chi connectivity index (χ3n) is 6.62. The van der Waals surface area contributed by atoms with Gasteiger partial charge in [0.15, 0.2) is 11.5 Å². The molecule has 0 saturated carbocycles. The van der Waals surface area contributed by atoms with Gasteiger partial charge in [0.2, 0.25) is 0 Å². The molecule has 1 rings (SSSR count). The maximum atomic E-state index is 12.4. The lowest BCUT2D eigenvalue weighted by Gasteiger charge is -2.31. The lowest BCUT2D eigenvalue weighted by Crippen LogP contribution is -2.42. The van der Waals surface area contributed by atoms with Crippen molar-refractivity contribution in [2.24, 2.45) is 11.7 Å². The summed E-state index contributed by atoms with van der Waals surface area (Å²) in [6.07, 6.45) is -3.32. The largest absolute Gasteiger partial charge is 0.514 e. The standard InChI is InChI=1S/C28H43NO11/c1-9-15(4)35-26(32)38-19(8)18(7)23(24(29)25(30)31)20-12-13-21(39-27(33)36-16(5)10-2)22(14-20)40-28(34)37-17(6)11-3/h12-19,23-24H,9-11,29H2,1-8H3,(H,30,31)/t15?,16?,17?,18?,19?,23?,24-/m0/s1. The van der Waals surface area contributed by atoms with E-state index in [0.29, 0.717) is 24.8 Å². The minimum atomic E-state index is -1.44. The van der Waals surface area contributed by atoms with Crippen LogP contribution in [-0.2, 0) is 23.7 Å². The summed E-state index contributed by atoms with van der Waals surface area (Å²) in [5.74, 6) is -3.25. The molecular formula is C28H43NO11. The smallest absolute Gasteiger partial charge is 0.480 e. The third-order valence-corrected chi connectivity index (χ3v) is 6.62. The van der Waals surface area contributed by atoms with Crippen molar-refractivity contribution >= 4 is 24.4 Å². The quantitative estimate of drug-likeness (QED) is 0.157. The molecule has 12 nitrogen and oxygen atoms in total. The first-order chi connectivity index (χ1) is 18.7. The van der Waals surface area contributed by atoms with Crippen LogP contribution in [0.15, 0.2) is 18.2 Å². The van der Waals surface area contributed by atoms with Crippen LogP contribution in [0.3, 0.4) is 0 Å². The number of nitrogens with two attached hydrogens (primary N) is 1. The zero-order valence-corrected chi connectivity index (χ0v) is 24.5. The van der Waals surface area contributed by atoms with Crippen molar-refractivity contribution in [2.45, 2.75) is 111 Å². The van der Waals surface area contributed by atoms with Gasteiger partial charge >= 0.3 is 24.4 Å². The average molecular weight is 570 g/mol. The van der Waals surface area contributed by atoms with E-state index >= 15 is 0 Å². The summed E-state index contributed by atoms with van der Waals surface area (Å²) in [6, 6.07) is 2.70. The summed E-state index contributed by atoms with van der Waals surface area (Å²) in [4.78, 5) is 48.9. The van der Waals surface area contributed by atoms with Crippen LogP contribution >= 0.6 is 0 Å². The number of ether oxygens (including phenoxy) is 6. The van der Waals surface area contributed by atoms with E-state index in [1.54, 1.807) is 34.6 Å². The highest BCUT2D eigenvalue weighted by molar-refractivity contribution is 5.75. The van der Waals surface area contributed by atoms with E-state index in [-0.39, 0.29) is 17.6 Å². The van der Waals surface area contributed by atoms with Crippen molar-refractivity contribution in [3.63, 3.8) is 0 Å². The maximum Gasteiger partial charge on any atom is 0.514 e. The fourth-order valence-electron chi connectivity index (χ4n) is 3.44. The first kappa shape index (κ1) is 34.5.